The summed E-state index contributed by atoms with van der Waals surface area (Å²) in [5, 5.41) is 38.9. The van der Waals surface area contributed by atoms with E-state index in [4.69, 9.17) is 43.0 Å². The Morgan fingerprint density at radius 1 is 0.774 bits per heavy atom. The Morgan fingerprint density at radius 3 is 1.71 bits per heavy atom. The van der Waals surface area contributed by atoms with Gasteiger partial charge in [0.2, 0.25) is 5.88 Å². The van der Waals surface area contributed by atoms with Gasteiger partial charge in [0, 0.05) is 35.7 Å². The summed E-state index contributed by atoms with van der Waals surface area (Å²) >= 11 is 0. The van der Waals surface area contributed by atoms with Gasteiger partial charge >= 0.3 is 164 Å². The van der Waals surface area contributed by atoms with E-state index in [0.29, 0.717) is 58.4 Å². The third-order valence-corrected chi connectivity index (χ3v) is 8.66. The van der Waals surface area contributed by atoms with Gasteiger partial charge in [-0.2, -0.15) is 0 Å². The monoisotopic (exact) mass is 1090 g/mol. The quantitative estimate of drug-likeness (QED) is 0.0308. The molecule has 0 radical (unpaired) electrons. The first kappa shape index (κ1) is 53.9. The molecule has 0 saturated carbocycles. The molecule has 0 aliphatic carbocycles. The van der Waals surface area contributed by atoms with Crippen LogP contribution >= 0.6 is 0 Å². The van der Waals surface area contributed by atoms with Gasteiger partial charge in [-0.05, 0) is 48.0 Å². The van der Waals surface area contributed by atoms with Crippen LogP contribution in [0.1, 0.15) is 62.6 Å². The average Bonchev–Trinajstić information content (AvgIpc) is 3.74. The summed E-state index contributed by atoms with van der Waals surface area (Å²) in [6.07, 6.45) is 3.09. The number of hydrogen-bond acceptors (Lipinski definition) is 17. The first-order valence-corrected chi connectivity index (χ1v) is 18.7. The minimum Gasteiger partial charge on any atom is -1.00 e. The van der Waals surface area contributed by atoms with E-state index in [1.165, 1.54) is 24.5 Å². The van der Waals surface area contributed by atoms with Gasteiger partial charge in [-0.25, -0.2) is 4.98 Å². The molecule has 3 heterocycles. The molecule has 4 aromatic carbocycles. The second-order valence-electron chi connectivity index (χ2n) is 12.7. The fourth-order valence-corrected chi connectivity index (χ4v) is 6.22. The Hall–Kier alpha value is -2.40. The molecule has 21 heteroatoms. The summed E-state index contributed by atoms with van der Waals surface area (Å²) in [4.78, 5) is 43.2. The minimum atomic E-state index is -1.22. The maximum atomic E-state index is 12.0. The van der Waals surface area contributed by atoms with Crippen LogP contribution in [0.3, 0.4) is 0 Å². The van der Waals surface area contributed by atoms with Gasteiger partial charge in [-0.1, -0.05) is 60.7 Å². The van der Waals surface area contributed by atoms with Crippen LogP contribution in [0, 0.1) is 0 Å². The molecular formula is C41H42B2Cs2N2O15. The van der Waals surface area contributed by atoms with E-state index in [-0.39, 0.29) is 177 Å². The molecule has 7 rings (SSSR count). The zero-order chi connectivity index (χ0) is 42.9. The van der Waals surface area contributed by atoms with Gasteiger partial charge in [0.1, 0.15) is 36.2 Å². The maximum Gasteiger partial charge on any atom is 1.00 e. The Morgan fingerprint density at radius 2 is 1.26 bits per heavy atom. The summed E-state index contributed by atoms with van der Waals surface area (Å²) in [5.74, 6) is 0.655. The smallest absolute Gasteiger partial charge is 1.00 e. The van der Waals surface area contributed by atoms with E-state index in [0.717, 1.165) is 11.1 Å². The first-order chi connectivity index (χ1) is 29.1. The van der Waals surface area contributed by atoms with Gasteiger partial charge in [-0.15, -0.1) is 0 Å². The number of carbonyl (C=O) groups excluding carboxylic acids is 3. The number of rotatable bonds is 15. The topological polar surface area (TPSA) is 235 Å². The molecule has 17 nitrogen and oxygen atoms in total. The second kappa shape index (κ2) is 28.5. The van der Waals surface area contributed by atoms with E-state index in [2.05, 4.69) is 14.9 Å². The summed E-state index contributed by atoms with van der Waals surface area (Å²) in [6.45, 7) is 4.41. The van der Waals surface area contributed by atoms with Crippen LogP contribution in [-0.4, -0.2) is 71.0 Å². The predicted octanol–water partition coefficient (Wildman–Crippen LogP) is -3.20. The molecular weight excluding hydrogens is 1050 g/mol. The van der Waals surface area contributed by atoms with Gasteiger partial charge < -0.3 is 59.7 Å². The Bertz CT molecular complexity index is 2170. The molecule has 0 saturated heterocycles. The van der Waals surface area contributed by atoms with Crippen molar-refractivity contribution in [2.24, 2.45) is 0 Å². The van der Waals surface area contributed by atoms with Crippen LogP contribution in [0.15, 0.2) is 104 Å². The molecule has 3 N–H and O–H groups in total. The molecule has 0 fully saturated rings. The number of carbonyl (C=O) groups is 3. The number of nitrogens with zero attached hydrogens (tertiary/aromatic N) is 2. The number of aromatic nitrogens is 2. The number of phenols is 1. The average molecular weight is 1090 g/mol. The normalized spacial score (nSPS) is 14.1. The third kappa shape index (κ3) is 16.2. The molecule has 62 heavy (non-hydrogen) atoms. The van der Waals surface area contributed by atoms with Crippen LogP contribution in [0.25, 0.3) is 0 Å². The number of aromatic hydroxyl groups is 1. The van der Waals surface area contributed by atoms with Crippen molar-refractivity contribution < 1.29 is 212 Å². The van der Waals surface area contributed by atoms with E-state index >= 15 is 0 Å². The van der Waals surface area contributed by atoms with E-state index in [1.54, 1.807) is 32.2 Å². The SMILES string of the molecule is CCOC(=O)CC1OB(O)c2cc(O)cc(OCc3ccccc3)c21.CCOC(=O)CC1OB(O)c2cc(Oc3cnccn3)cc(OCc3ccccc3)c21.O=CO[O-].[Cs+].[Cs+].[H-]. The summed E-state index contributed by atoms with van der Waals surface area (Å²) < 4.78 is 38.8. The summed E-state index contributed by atoms with van der Waals surface area (Å²) in [6, 6.07) is 25.4. The van der Waals surface area contributed by atoms with E-state index in [1.807, 2.05) is 60.7 Å². The standard InChI is InChI=1S/C22H21BN2O6.C18H19BO6.CH2O3.2Cs.H/c1-2-28-21(26)12-19-22-17(23(27)31-19)10-16(30-20-13-24-8-9-25-20)11-18(22)29-14-15-6-4-3-5-7-15;1-2-23-17(21)10-16-18-14(19(22)25-16)8-13(20)9-15(18)24-11-12-6-4-3-5-7-12;2-1-4-3;;;/h3-11,13,19,27H,2,12,14H2,1H3;3-9,16,20,22H,2,10-11H2,1H3;1,3H;;;/q;;;2*+1;-1/p-1. The summed E-state index contributed by atoms with van der Waals surface area (Å²) in [5.41, 5.74) is 3.97. The number of fused-ring (bicyclic) bond motifs is 2. The van der Waals surface area contributed by atoms with E-state index in [9.17, 15) is 24.7 Å². The fourth-order valence-electron chi connectivity index (χ4n) is 6.22. The van der Waals surface area contributed by atoms with Crippen LogP contribution in [0.5, 0.6) is 28.9 Å². The number of esters is 2. The van der Waals surface area contributed by atoms with Crippen molar-refractivity contribution in [3.63, 3.8) is 0 Å². The predicted molar refractivity (Wildman–Crippen MR) is 212 cm³/mol. The van der Waals surface area contributed by atoms with Gasteiger partial charge in [0.15, 0.2) is 0 Å². The summed E-state index contributed by atoms with van der Waals surface area (Å²) in [7, 11) is -2.44. The largest absolute Gasteiger partial charge is 1.00 e. The number of hydrogen-bond donors (Lipinski definition) is 3. The molecule has 2 aliphatic heterocycles. The van der Waals surface area contributed by atoms with Crippen LogP contribution in [-0.2, 0) is 51.3 Å². The van der Waals surface area contributed by atoms with Crippen LogP contribution in [0.2, 0.25) is 0 Å². The van der Waals surface area contributed by atoms with Crippen molar-refractivity contribution in [2.45, 2.75) is 52.1 Å². The van der Waals surface area contributed by atoms with Gasteiger partial charge in [-0.3, -0.25) is 19.4 Å². The maximum absolute atomic E-state index is 12.0. The number of ether oxygens (including phenoxy) is 5. The zero-order valence-electron chi connectivity index (χ0n) is 35.6. The molecule has 0 spiro atoms. The van der Waals surface area contributed by atoms with Gasteiger partial charge in [0.05, 0.1) is 44.5 Å². The molecule has 1 aromatic heterocycles. The Balaban J connectivity index is 0.000000389. The van der Waals surface area contributed by atoms with Crippen molar-refractivity contribution >= 4 is 43.6 Å². The second-order valence-corrected chi connectivity index (χ2v) is 12.7. The minimum absolute atomic E-state index is 0. The van der Waals surface area contributed by atoms with Crippen LogP contribution in [0.4, 0.5) is 0 Å². The van der Waals surface area contributed by atoms with E-state index < -0.39 is 38.4 Å². The number of benzene rings is 4. The zero-order valence-corrected chi connectivity index (χ0v) is 47.1. The molecule has 2 unspecified atom stereocenters. The van der Waals surface area contributed by atoms with Crippen molar-refractivity contribution in [3.05, 3.63) is 126 Å². The molecule has 0 amide bonds. The van der Waals surface area contributed by atoms with Crippen LogP contribution < -0.4 is 168 Å². The van der Waals surface area contributed by atoms with Crippen molar-refractivity contribution in [2.75, 3.05) is 13.2 Å². The Kier molecular flexibility index (Phi) is 24.8. The molecule has 2 atom stereocenters. The molecule has 314 valence electrons. The Labute approximate surface area is 477 Å². The third-order valence-electron chi connectivity index (χ3n) is 8.66. The first-order valence-electron chi connectivity index (χ1n) is 18.7. The van der Waals surface area contributed by atoms with Crippen molar-refractivity contribution in [3.8, 4) is 28.9 Å². The van der Waals surface area contributed by atoms with Gasteiger partial charge in [0.25, 0.3) is 6.47 Å². The molecule has 5 aromatic rings. The number of phenolic OH excluding ortho intramolecular Hbond substituents is 1. The molecule has 0 bridgehead atoms. The fraction of sp³-hybridized carbons (Fsp3) is 0.244. The van der Waals surface area contributed by atoms with Crippen molar-refractivity contribution in [1.82, 2.24) is 9.97 Å². The molecule has 2 aliphatic rings. The van der Waals surface area contributed by atoms with Crippen molar-refractivity contribution in [1.29, 1.82) is 0 Å².